The highest BCUT2D eigenvalue weighted by Crippen LogP contribution is 2.22. The Morgan fingerprint density at radius 2 is 2.26 bits per heavy atom. The van der Waals surface area contributed by atoms with Crippen LogP contribution < -0.4 is 11.1 Å². The third-order valence-electron chi connectivity index (χ3n) is 2.90. The lowest BCUT2D eigenvalue weighted by atomic mass is 10.1. The molecule has 102 valence electrons. The van der Waals surface area contributed by atoms with Gasteiger partial charge < -0.3 is 15.5 Å². The van der Waals surface area contributed by atoms with Crippen LogP contribution in [-0.4, -0.2) is 16.0 Å². The molecule has 2 aromatic heterocycles. The highest BCUT2D eigenvalue weighted by atomic mass is 35.5. The number of hydrogen-bond donors (Lipinski definition) is 2. The van der Waals surface area contributed by atoms with Crippen LogP contribution in [0.2, 0.25) is 5.28 Å². The van der Waals surface area contributed by atoms with Gasteiger partial charge in [-0.15, -0.1) is 0 Å². The molecular formula is C13H17ClN4O. The Bertz CT molecular complexity index is 542. The second-order valence-electron chi connectivity index (χ2n) is 4.50. The Morgan fingerprint density at radius 3 is 2.95 bits per heavy atom. The maximum absolute atomic E-state index is 5.93. The van der Waals surface area contributed by atoms with E-state index in [0.717, 1.165) is 18.6 Å². The van der Waals surface area contributed by atoms with Crippen molar-refractivity contribution in [2.45, 2.75) is 32.7 Å². The smallest absolute Gasteiger partial charge is 0.224 e. The Labute approximate surface area is 117 Å². The Balaban J connectivity index is 1.97. The van der Waals surface area contributed by atoms with Crippen molar-refractivity contribution >= 4 is 23.1 Å². The molecule has 19 heavy (non-hydrogen) atoms. The number of nitrogen functional groups attached to an aromatic ring is 1. The average Bonchev–Trinajstić information content (AvgIpc) is 2.86. The maximum atomic E-state index is 5.93. The van der Waals surface area contributed by atoms with Gasteiger partial charge in [0.1, 0.15) is 5.76 Å². The van der Waals surface area contributed by atoms with E-state index in [1.165, 1.54) is 0 Å². The van der Waals surface area contributed by atoms with Crippen LogP contribution >= 0.6 is 11.6 Å². The van der Waals surface area contributed by atoms with E-state index in [2.05, 4.69) is 22.2 Å². The summed E-state index contributed by atoms with van der Waals surface area (Å²) in [5.41, 5.74) is 7.14. The van der Waals surface area contributed by atoms with E-state index in [9.17, 15) is 0 Å². The molecule has 2 rings (SSSR count). The standard InChI is InChI=1S/C13H17ClN4O/c1-8(5-6-10-4-3-7-19-10)16-12-11(15)9(2)17-13(14)18-12/h3-4,7-8H,5-6,15H2,1-2H3,(H,16,17,18). The molecule has 0 fully saturated rings. The zero-order chi connectivity index (χ0) is 13.8. The SMILES string of the molecule is Cc1nc(Cl)nc(NC(C)CCc2ccco2)c1N. The van der Waals surface area contributed by atoms with Gasteiger partial charge in [-0.05, 0) is 44.0 Å². The van der Waals surface area contributed by atoms with Gasteiger partial charge in [-0.25, -0.2) is 4.98 Å². The molecule has 3 N–H and O–H groups in total. The number of halogens is 1. The van der Waals surface area contributed by atoms with Crippen LogP contribution in [0.1, 0.15) is 24.8 Å². The molecule has 2 heterocycles. The van der Waals surface area contributed by atoms with Gasteiger partial charge in [-0.3, -0.25) is 0 Å². The number of furan rings is 1. The summed E-state index contributed by atoms with van der Waals surface area (Å²) in [5, 5.41) is 3.45. The summed E-state index contributed by atoms with van der Waals surface area (Å²) in [7, 11) is 0. The normalized spacial score (nSPS) is 12.4. The maximum Gasteiger partial charge on any atom is 0.224 e. The fourth-order valence-electron chi connectivity index (χ4n) is 1.78. The first-order valence-electron chi connectivity index (χ1n) is 6.15. The van der Waals surface area contributed by atoms with Gasteiger partial charge >= 0.3 is 0 Å². The van der Waals surface area contributed by atoms with E-state index in [1.54, 1.807) is 6.26 Å². The molecule has 0 aliphatic heterocycles. The second-order valence-corrected chi connectivity index (χ2v) is 4.84. The summed E-state index contributed by atoms with van der Waals surface area (Å²) in [6.07, 6.45) is 3.45. The van der Waals surface area contributed by atoms with Crippen molar-refractivity contribution in [3.8, 4) is 0 Å². The number of hydrogen-bond acceptors (Lipinski definition) is 5. The first-order valence-corrected chi connectivity index (χ1v) is 6.52. The molecule has 0 radical (unpaired) electrons. The van der Waals surface area contributed by atoms with Crippen molar-refractivity contribution in [3.05, 3.63) is 35.1 Å². The van der Waals surface area contributed by atoms with Crippen molar-refractivity contribution in [3.63, 3.8) is 0 Å². The van der Waals surface area contributed by atoms with Crippen molar-refractivity contribution in [2.24, 2.45) is 0 Å². The fraction of sp³-hybridized carbons (Fsp3) is 0.385. The number of nitrogens with two attached hydrogens (primary N) is 1. The van der Waals surface area contributed by atoms with Gasteiger partial charge in [0.2, 0.25) is 5.28 Å². The Kier molecular flexibility index (Phi) is 4.27. The molecule has 0 aliphatic carbocycles. The molecule has 2 aromatic rings. The molecular weight excluding hydrogens is 264 g/mol. The van der Waals surface area contributed by atoms with Crippen molar-refractivity contribution in [1.29, 1.82) is 0 Å². The number of rotatable bonds is 5. The van der Waals surface area contributed by atoms with Crippen molar-refractivity contribution in [2.75, 3.05) is 11.1 Å². The summed E-state index contributed by atoms with van der Waals surface area (Å²) >= 11 is 5.83. The van der Waals surface area contributed by atoms with Gasteiger partial charge in [0, 0.05) is 12.5 Å². The second kappa shape index (κ2) is 5.93. The Hall–Kier alpha value is -1.75. The number of anilines is 2. The van der Waals surface area contributed by atoms with E-state index >= 15 is 0 Å². The van der Waals surface area contributed by atoms with Crippen molar-refractivity contribution < 1.29 is 4.42 Å². The van der Waals surface area contributed by atoms with Crippen LogP contribution in [0.3, 0.4) is 0 Å². The van der Waals surface area contributed by atoms with E-state index in [1.807, 2.05) is 19.1 Å². The van der Waals surface area contributed by atoms with Gasteiger partial charge in [0.15, 0.2) is 5.82 Å². The summed E-state index contributed by atoms with van der Waals surface area (Å²) < 4.78 is 5.30. The van der Waals surface area contributed by atoms with Crippen molar-refractivity contribution in [1.82, 2.24) is 9.97 Å². The molecule has 1 atom stereocenters. The lowest BCUT2D eigenvalue weighted by Gasteiger charge is -2.16. The molecule has 0 spiro atoms. The van der Waals surface area contributed by atoms with Crippen LogP contribution in [0.25, 0.3) is 0 Å². The summed E-state index contributed by atoms with van der Waals surface area (Å²) in [6.45, 7) is 3.87. The minimum absolute atomic E-state index is 0.201. The van der Waals surface area contributed by atoms with Crippen LogP contribution in [0.15, 0.2) is 22.8 Å². The van der Waals surface area contributed by atoms with E-state index in [4.69, 9.17) is 21.8 Å². The van der Waals surface area contributed by atoms with E-state index < -0.39 is 0 Å². The highest BCUT2D eigenvalue weighted by Gasteiger charge is 2.11. The molecule has 0 saturated heterocycles. The lowest BCUT2D eigenvalue weighted by molar-refractivity contribution is 0.495. The zero-order valence-corrected chi connectivity index (χ0v) is 11.7. The quantitative estimate of drug-likeness (QED) is 0.823. The largest absolute Gasteiger partial charge is 0.469 e. The van der Waals surface area contributed by atoms with E-state index in [0.29, 0.717) is 17.2 Å². The molecule has 1 unspecified atom stereocenters. The first-order chi connectivity index (χ1) is 9.06. The van der Waals surface area contributed by atoms with Crippen LogP contribution in [-0.2, 0) is 6.42 Å². The van der Waals surface area contributed by atoms with Crippen LogP contribution in [0, 0.1) is 6.92 Å². The van der Waals surface area contributed by atoms with Crippen LogP contribution in [0.5, 0.6) is 0 Å². The van der Waals surface area contributed by atoms with E-state index in [-0.39, 0.29) is 11.3 Å². The molecule has 0 saturated carbocycles. The topological polar surface area (TPSA) is 77.0 Å². The summed E-state index contributed by atoms with van der Waals surface area (Å²) in [4.78, 5) is 8.12. The average molecular weight is 281 g/mol. The number of aryl methyl sites for hydroxylation is 2. The predicted octanol–water partition coefficient (Wildman–Crippen LogP) is 3.05. The molecule has 0 amide bonds. The van der Waals surface area contributed by atoms with Gasteiger partial charge in [-0.2, -0.15) is 4.98 Å². The first kappa shape index (κ1) is 13.7. The fourth-order valence-corrected chi connectivity index (χ4v) is 1.99. The lowest BCUT2D eigenvalue weighted by Crippen LogP contribution is -2.18. The number of nitrogens with one attached hydrogen (secondary N) is 1. The number of nitrogens with zero attached hydrogens (tertiary/aromatic N) is 2. The highest BCUT2D eigenvalue weighted by molar-refractivity contribution is 6.28. The molecule has 0 bridgehead atoms. The summed E-state index contributed by atoms with van der Waals surface area (Å²) in [5.74, 6) is 1.56. The van der Waals surface area contributed by atoms with Gasteiger partial charge in [0.25, 0.3) is 0 Å². The van der Waals surface area contributed by atoms with Gasteiger partial charge in [0.05, 0.1) is 17.6 Å². The van der Waals surface area contributed by atoms with Crippen LogP contribution in [0.4, 0.5) is 11.5 Å². The monoisotopic (exact) mass is 280 g/mol. The van der Waals surface area contributed by atoms with Gasteiger partial charge in [-0.1, -0.05) is 0 Å². The molecule has 0 aromatic carbocycles. The molecule has 5 nitrogen and oxygen atoms in total. The third kappa shape index (κ3) is 3.61. The minimum Gasteiger partial charge on any atom is -0.469 e. The summed E-state index contributed by atoms with van der Waals surface area (Å²) in [6, 6.07) is 4.06. The Morgan fingerprint density at radius 1 is 1.47 bits per heavy atom. The minimum atomic E-state index is 0.201. The predicted molar refractivity (Wildman–Crippen MR) is 76.3 cm³/mol. The third-order valence-corrected chi connectivity index (χ3v) is 3.06. The molecule has 0 aliphatic rings. The number of aromatic nitrogens is 2. The zero-order valence-electron chi connectivity index (χ0n) is 11.0. The molecule has 6 heteroatoms.